The molecule has 1 aliphatic heterocycles. The second-order valence-corrected chi connectivity index (χ2v) is 3.00. The molecule has 0 saturated carbocycles. The van der Waals surface area contributed by atoms with Crippen LogP contribution in [0.3, 0.4) is 0 Å². The lowest BCUT2D eigenvalue weighted by Gasteiger charge is -2.15. The van der Waals surface area contributed by atoms with Crippen molar-refractivity contribution in [3.63, 3.8) is 0 Å². The molecule has 0 aromatic heterocycles. The van der Waals surface area contributed by atoms with Crippen LogP contribution in [0.1, 0.15) is 12.8 Å². The first-order chi connectivity index (χ1) is 5.63. The van der Waals surface area contributed by atoms with E-state index < -0.39 is 24.6 Å². The lowest BCUT2D eigenvalue weighted by molar-refractivity contribution is -0.148. The Morgan fingerprint density at radius 3 is 2.25 bits per heavy atom. The number of aliphatic hydroxyl groups is 4. The minimum absolute atomic E-state index is 0.0162. The highest BCUT2D eigenvalue weighted by atomic mass is 16.6. The predicted octanol–water partition coefficient (Wildman–Crippen LogP) is -1.80. The van der Waals surface area contributed by atoms with E-state index in [0.717, 1.165) is 0 Å². The third kappa shape index (κ3) is 2.40. The van der Waals surface area contributed by atoms with Crippen LogP contribution in [0.15, 0.2) is 0 Å². The Hall–Kier alpha value is -0.200. The summed E-state index contributed by atoms with van der Waals surface area (Å²) in [5.74, 6) is 0. The molecule has 5 heteroatoms. The van der Waals surface area contributed by atoms with Gasteiger partial charge in [0.15, 0.2) is 6.29 Å². The highest BCUT2D eigenvalue weighted by Crippen LogP contribution is 2.17. The molecule has 4 atom stereocenters. The van der Waals surface area contributed by atoms with E-state index in [9.17, 15) is 5.11 Å². The van der Waals surface area contributed by atoms with Crippen molar-refractivity contribution in [3.05, 3.63) is 0 Å². The first-order valence-corrected chi connectivity index (χ1v) is 3.94. The molecule has 0 aromatic carbocycles. The third-order valence-corrected chi connectivity index (χ3v) is 1.94. The van der Waals surface area contributed by atoms with Gasteiger partial charge in [-0.05, 0) is 0 Å². The van der Waals surface area contributed by atoms with Gasteiger partial charge < -0.3 is 25.2 Å². The summed E-state index contributed by atoms with van der Waals surface area (Å²) in [6, 6.07) is 0. The molecule has 1 fully saturated rings. The van der Waals surface area contributed by atoms with Gasteiger partial charge in [0.2, 0.25) is 0 Å². The molecule has 0 aliphatic carbocycles. The summed E-state index contributed by atoms with van der Waals surface area (Å²) in [5.41, 5.74) is 0. The normalized spacial score (nSPS) is 44.0. The van der Waals surface area contributed by atoms with Crippen molar-refractivity contribution < 1.29 is 25.2 Å². The van der Waals surface area contributed by atoms with Crippen LogP contribution in [0, 0.1) is 0 Å². The number of aliphatic hydroxyl groups excluding tert-OH is 4. The fraction of sp³-hybridized carbons (Fsp3) is 1.00. The van der Waals surface area contributed by atoms with Crippen molar-refractivity contribution in [1.29, 1.82) is 0 Å². The molecule has 1 rings (SSSR count). The van der Waals surface area contributed by atoms with Crippen LogP contribution in [-0.4, -0.2) is 51.6 Å². The van der Waals surface area contributed by atoms with Crippen LogP contribution < -0.4 is 0 Å². The molecular weight excluding hydrogens is 164 g/mol. The molecule has 1 aliphatic rings. The summed E-state index contributed by atoms with van der Waals surface area (Å²) in [5, 5.41) is 36.2. The Morgan fingerprint density at radius 1 is 1.08 bits per heavy atom. The van der Waals surface area contributed by atoms with Gasteiger partial charge in [0.25, 0.3) is 0 Å². The maximum absolute atomic E-state index is 9.22. The summed E-state index contributed by atoms with van der Waals surface area (Å²) >= 11 is 0. The van der Waals surface area contributed by atoms with Crippen molar-refractivity contribution in [2.75, 3.05) is 6.61 Å². The standard InChI is InChI=1S/C7H14O5/c8-3-4-1-5(9)6(10)2-7(11)12-4/h4-11H,1-3H2/t4?,5?,6-,7?/m0/s1. The van der Waals surface area contributed by atoms with Crippen LogP contribution in [0.2, 0.25) is 0 Å². The Balaban J connectivity index is 2.53. The number of hydrogen-bond acceptors (Lipinski definition) is 5. The minimum atomic E-state index is -1.10. The topological polar surface area (TPSA) is 90.2 Å². The molecule has 0 aromatic rings. The lowest BCUT2D eigenvalue weighted by atomic mass is 10.1. The number of ether oxygens (including phenoxy) is 1. The van der Waals surface area contributed by atoms with Crippen molar-refractivity contribution in [2.24, 2.45) is 0 Å². The smallest absolute Gasteiger partial charge is 0.157 e. The van der Waals surface area contributed by atoms with E-state index in [4.69, 9.17) is 20.1 Å². The molecule has 0 amide bonds. The fourth-order valence-electron chi connectivity index (χ4n) is 1.24. The van der Waals surface area contributed by atoms with E-state index in [0.29, 0.717) is 0 Å². The maximum Gasteiger partial charge on any atom is 0.157 e. The van der Waals surface area contributed by atoms with E-state index in [1.807, 2.05) is 0 Å². The van der Waals surface area contributed by atoms with E-state index in [1.165, 1.54) is 0 Å². The average Bonchev–Trinajstić information content (AvgIpc) is 2.12. The molecule has 0 spiro atoms. The second kappa shape index (κ2) is 4.15. The van der Waals surface area contributed by atoms with Crippen LogP contribution in [0.5, 0.6) is 0 Å². The summed E-state index contributed by atoms with van der Waals surface area (Å²) in [6.07, 6.45) is -3.47. The molecular formula is C7H14O5. The summed E-state index contributed by atoms with van der Waals surface area (Å²) in [6.45, 7) is -0.263. The molecule has 0 bridgehead atoms. The van der Waals surface area contributed by atoms with Gasteiger partial charge >= 0.3 is 0 Å². The fourth-order valence-corrected chi connectivity index (χ4v) is 1.24. The van der Waals surface area contributed by atoms with Gasteiger partial charge in [-0.3, -0.25) is 0 Å². The van der Waals surface area contributed by atoms with Gasteiger partial charge in [-0.2, -0.15) is 0 Å². The van der Waals surface area contributed by atoms with Crippen LogP contribution in [-0.2, 0) is 4.74 Å². The second-order valence-electron chi connectivity index (χ2n) is 3.00. The molecule has 5 nitrogen and oxygen atoms in total. The van der Waals surface area contributed by atoms with E-state index in [-0.39, 0.29) is 19.4 Å². The molecule has 4 N–H and O–H groups in total. The average molecular weight is 178 g/mol. The van der Waals surface area contributed by atoms with Crippen LogP contribution in [0.4, 0.5) is 0 Å². The highest BCUT2D eigenvalue weighted by Gasteiger charge is 2.29. The molecule has 0 radical (unpaired) electrons. The Bertz CT molecular complexity index is 140. The predicted molar refractivity (Wildman–Crippen MR) is 39.2 cm³/mol. The summed E-state index contributed by atoms with van der Waals surface area (Å²) in [7, 11) is 0. The molecule has 1 heterocycles. The van der Waals surface area contributed by atoms with Gasteiger partial charge in [0.05, 0.1) is 24.9 Å². The minimum Gasteiger partial charge on any atom is -0.394 e. The lowest BCUT2D eigenvalue weighted by Crippen LogP contribution is -2.28. The highest BCUT2D eigenvalue weighted by molar-refractivity contribution is 4.76. The Labute approximate surface area is 70.2 Å². The van der Waals surface area contributed by atoms with Crippen LogP contribution >= 0.6 is 0 Å². The van der Waals surface area contributed by atoms with Gasteiger partial charge in [0, 0.05) is 12.8 Å². The van der Waals surface area contributed by atoms with Crippen molar-refractivity contribution in [3.8, 4) is 0 Å². The molecule has 3 unspecified atom stereocenters. The number of hydrogen-bond donors (Lipinski definition) is 4. The SMILES string of the molecule is OCC1CC(O)[C@@H](O)CC(O)O1. The van der Waals surface area contributed by atoms with E-state index in [2.05, 4.69) is 0 Å². The third-order valence-electron chi connectivity index (χ3n) is 1.94. The zero-order valence-electron chi connectivity index (χ0n) is 6.63. The summed E-state index contributed by atoms with van der Waals surface area (Å²) in [4.78, 5) is 0. The quantitative estimate of drug-likeness (QED) is 0.380. The van der Waals surface area contributed by atoms with Crippen molar-refractivity contribution in [1.82, 2.24) is 0 Å². The van der Waals surface area contributed by atoms with E-state index in [1.54, 1.807) is 0 Å². The van der Waals surface area contributed by atoms with E-state index >= 15 is 0 Å². The van der Waals surface area contributed by atoms with Gasteiger partial charge in [-0.25, -0.2) is 0 Å². The monoisotopic (exact) mass is 178 g/mol. The van der Waals surface area contributed by atoms with Gasteiger partial charge in [-0.1, -0.05) is 0 Å². The maximum atomic E-state index is 9.22. The first-order valence-electron chi connectivity index (χ1n) is 3.94. The Morgan fingerprint density at radius 2 is 1.67 bits per heavy atom. The zero-order valence-corrected chi connectivity index (χ0v) is 6.63. The van der Waals surface area contributed by atoms with Crippen LogP contribution in [0.25, 0.3) is 0 Å². The van der Waals surface area contributed by atoms with Crippen molar-refractivity contribution in [2.45, 2.75) is 37.4 Å². The first kappa shape index (κ1) is 9.88. The molecule has 72 valence electrons. The molecule has 12 heavy (non-hydrogen) atoms. The van der Waals surface area contributed by atoms with Gasteiger partial charge in [0.1, 0.15) is 0 Å². The zero-order chi connectivity index (χ0) is 9.14. The summed E-state index contributed by atoms with van der Waals surface area (Å²) < 4.78 is 4.89. The largest absolute Gasteiger partial charge is 0.394 e. The molecule has 1 saturated heterocycles. The number of rotatable bonds is 1. The van der Waals surface area contributed by atoms with Crippen molar-refractivity contribution >= 4 is 0 Å². The van der Waals surface area contributed by atoms with Gasteiger partial charge in [-0.15, -0.1) is 0 Å². The Kier molecular flexibility index (Phi) is 3.42.